The van der Waals surface area contributed by atoms with Crippen LogP contribution in [0.5, 0.6) is 0 Å². The fourth-order valence-corrected chi connectivity index (χ4v) is 2.43. The first-order valence-electron chi connectivity index (χ1n) is 6.65. The van der Waals surface area contributed by atoms with E-state index in [1.807, 2.05) is 0 Å². The van der Waals surface area contributed by atoms with Crippen LogP contribution in [0, 0.1) is 0 Å². The Hall–Kier alpha value is -1.04. The van der Waals surface area contributed by atoms with Crippen molar-refractivity contribution in [1.82, 2.24) is 0 Å². The van der Waals surface area contributed by atoms with E-state index in [1.165, 1.54) is 56.9 Å². The molecule has 0 saturated heterocycles. The zero-order valence-electron chi connectivity index (χ0n) is 10.1. The monoisotopic (exact) mass is 214 g/mol. The minimum atomic E-state index is 1.20. The van der Waals surface area contributed by atoms with Gasteiger partial charge in [-0.3, -0.25) is 0 Å². The Balaban J connectivity index is 1.61. The molecule has 0 aromatic heterocycles. The largest absolute Gasteiger partial charge is 0.0853 e. The molecule has 0 spiro atoms. The van der Waals surface area contributed by atoms with Crippen molar-refractivity contribution >= 4 is 0 Å². The summed E-state index contributed by atoms with van der Waals surface area (Å²) >= 11 is 0. The maximum atomic E-state index is 2.42. The summed E-state index contributed by atoms with van der Waals surface area (Å²) in [6.07, 6.45) is 24.1. The zero-order valence-corrected chi connectivity index (χ0v) is 10.1. The Morgan fingerprint density at radius 1 is 1.00 bits per heavy atom. The third-order valence-electron chi connectivity index (χ3n) is 3.40. The Bertz CT molecular complexity index is 326. The summed E-state index contributed by atoms with van der Waals surface area (Å²) in [5.41, 5.74) is 3.19. The average molecular weight is 214 g/mol. The molecule has 0 bridgehead atoms. The van der Waals surface area contributed by atoms with Gasteiger partial charge in [0.05, 0.1) is 0 Å². The number of allylic oxidation sites excluding steroid dienone is 8. The highest BCUT2D eigenvalue weighted by molar-refractivity contribution is 5.24. The van der Waals surface area contributed by atoms with Crippen molar-refractivity contribution in [2.45, 2.75) is 51.4 Å². The summed E-state index contributed by atoms with van der Waals surface area (Å²) < 4.78 is 0. The van der Waals surface area contributed by atoms with E-state index in [0.29, 0.717) is 0 Å². The van der Waals surface area contributed by atoms with E-state index < -0.39 is 0 Å². The van der Waals surface area contributed by atoms with Crippen LogP contribution in [0.15, 0.2) is 47.6 Å². The highest BCUT2D eigenvalue weighted by atomic mass is 14.1. The lowest BCUT2D eigenvalue weighted by Gasteiger charge is -1.96. The van der Waals surface area contributed by atoms with Crippen LogP contribution in [0.2, 0.25) is 0 Å². The Kier molecular flexibility index (Phi) is 4.67. The van der Waals surface area contributed by atoms with Crippen molar-refractivity contribution in [3.63, 3.8) is 0 Å². The van der Waals surface area contributed by atoms with Gasteiger partial charge in [0.15, 0.2) is 0 Å². The maximum absolute atomic E-state index is 2.42. The van der Waals surface area contributed by atoms with Gasteiger partial charge in [-0.1, -0.05) is 47.6 Å². The summed E-state index contributed by atoms with van der Waals surface area (Å²) in [5, 5.41) is 0. The molecule has 86 valence electrons. The van der Waals surface area contributed by atoms with E-state index >= 15 is 0 Å². The predicted octanol–water partition coefficient (Wildman–Crippen LogP) is 5.10. The molecule has 2 rings (SSSR count). The van der Waals surface area contributed by atoms with Gasteiger partial charge >= 0.3 is 0 Å². The van der Waals surface area contributed by atoms with Crippen molar-refractivity contribution in [1.29, 1.82) is 0 Å². The molecule has 0 fully saturated rings. The van der Waals surface area contributed by atoms with Gasteiger partial charge < -0.3 is 0 Å². The van der Waals surface area contributed by atoms with Gasteiger partial charge in [-0.2, -0.15) is 0 Å². The van der Waals surface area contributed by atoms with Gasteiger partial charge in [0.1, 0.15) is 0 Å². The molecule has 0 N–H and O–H groups in total. The molecule has 0 amide bonds. The quantitative estimate of drug-likeness (QED) is 0.441. The Morgan fingerprint density at radius 2 is 1.88 bits per heavy atom. The second kappa shape index (κ2) is 6.52. The molecule has 2 aliphatic carbocycles. The van der Waals surface area contributed by atoms with Crippen molar-refractivity contribution in [2.24, 2.45) is 0 Å². The molecule has 16 heavy (non-hydrogen) atoms. The molecule has 0 unspecified atom stereocenters. The minimum absolute atomic E-state index is 1.20. The summed E-state index contributed by atoms with van der Waals surface area (Å²) in [5.74, 6) is 0. The standard InChI is InChI=1S/C16H22/c1(3-9-15-11-5-6-12-15)2-4-10-16-13-7-8-14-16/h1-3,9,11,13H,4-8,10,12,14H2. The van der Waals surface area contributed by atoms with Crippen LogP contribution in [0.3, 0.4) is 0 Å². The average Bonchev–Trinajstić information content (AvgIpc) is 2.96. The van der Waals surface area contributed by atoms with E-state index in [-0.39, 0.29) is 0 Å². The fourth-order valence-electron chi connectivity index (χ4n) is 2.43. The zero-order chi connectivity index (χ0) is 11.1. The van der Waals surface area contributed by atoms with Gasteiger partial charge in [0.25, 0.3) is 0 Å². The summed E-state index contributed by atoms with van der Waals surface area (Å²) in [7, 11) is 0. The molecule has 0 radical (unpaired) electrons. The first-order valence-corrected chi connectivity index (χ1v) is 6.65. The van der Waals surface area contributed by atoms with Gasteiger partial charge in [-0.05, 0) is 51.4 Å². The molecular weight excluding hydrogens is 192 g/mol. The highest BCUT2D eigenvalue weighted by Crippen LogP contribution is 2.22. The summed E-state index contributed by atoms with van der Waals surface area (Å²) in [4.78, 5) is 0. The van der Waals surface area contributed by atoms with Crippen LogP contribution in [0.1, 0.15) is 51.4 Å². The molecule has 0 nitrogen and oxygen atoms in total. The molecular formula is C16H22. The molecule has 0 aromatic carbocycles. The molecule has 0 saturated carbocycles. The summed E-state index contributed by atoms with van der Waals surface area (Å²) in [6.45, 7) is 0. The van der Waals surface area contributed by atoms with Crippen LogP contribution in [0.25, 0.3) is 0 Å². The Labute approximate surface area is 99.4 Å². The minimum Gasteiger partial charge on any atom is -0.0853 e. The SMILES string of the molecule is C(C=CC1=CCCC1)=CCCC1=CCCC1. The smallest absolute Gasteiger partial charge is 0.0279 e. The normalized spacial score (nSPS) is 21.0. The van der Waals surface area contributed by atoms with Crippen LogP contribution in [-0.2, 0) is 0 Å². The van der Waals surface area contributed by atoms with Crippen LogP contribution in [0.4, 0.5) is 0 Å². The van der Waals surface area contributed by atoms with Crippen LogP contribution in [-0.4, -0.2) is 0 Å². The lowest BCUT2D eigenvalue weighted by molar-refractivity contribution is 0.855. The topological polar surface area (TPSA) is 0 Å². The lowest BCUT2D eigenvalue weighted by atomic mass is 10.1. The van der Waals surface area contributed by atoms with Crippen LogP contribution < -0.4 is 0 Å². The van der Waals surface area contributed by atoms with Crippen LogP contribution >= 0.6 is 0 Å². The molecule has 0 heterocycles. The number of hydrogen-bond acceptors (Lipinski definition) is 0. The Morgan fingerprint density at radius 3 is 2.62 bits per heavy atom. The third-order valence-corrected chi connectivity index (χ3v) is 3.40. The van der Waals surface area contributed by atoms with E-state index in [0.717, 1.165) is 0 Å². The van der Waals surface area contributed by atoms with Gasteiger partial charge in [0, 0.05) is 0 Å². The molecule has 0 atom stereocenters. The van der Waals surface area contributed by atoms with Gasteiger partial charge in [-0.25, -0.2) is 0 Å². The maximum Gasteiger partial charge on any atom is -0.0279 e. The van der Waals surface area contributed by atoms with Crippen molar-refractivity contribution in [2.75, 3.05) is 0 Å². The summed E-state index contributed by atoms with van der Waals surface area (Å²) in [6, 6.07) is 0. The molecule has 2 aliphatic rings. The van der Waals surface area contributed by atoms with E-state index in [4.69, 9.17) is 0 Å². The molecule has 0 heteroatoms. The van der Waals surface area contributed by atoms with Gasteiger partial charge in [-0.15, -0.1) is 0 Å². The lowest BCUT2D eigenvalue weighted by Crippen LogP contribution is -1.76. The molecule has 0 aromatic rings. The van der Waals surface area contributed by atoms with E-state index in [1.54, 1.807) is 5.57 Å². The van der Waals surface area contributed by atoms with Crippen molar-refractivity contribution in [3.05, 3.63) is 47.6 Å². The number of hydrogen-bond donors (Lipinski definition) is 0. The van der Waals surface area contributed by atoms with Crippen molar-refractivity contribution in [3.8, 4) is 0 Å². The number of rotatable bonds is 5. The second-order valence-corrected chi connectivity index (χ2v) is 4.75. The predicted molar refractivity (Wildman–Crippen MR) is 71.4 cm³/mol. The van der Waals surface area contributed by atoms with Gasteiger partial charge in [0.2, 0.25) is 0 Å². The van der Waals surface area contributed by atoms with E-state index in [9.17, 15) is 0 Å². The fraction of sp³-hybridized carbons (Fsp3) is 0.500. The first-order chi connectivity index (χ1) is 7.95. The van der Waals surface area contributed by atoms with E-state index in [2.05, 4.69) is 36.5 Å². The molecule has 0 aliphatic heterocycles. The third kappa shape index (κ3) is 3.84. The van der Waals surface area contributed by atoms with Crippen molar-refractivity contribution < 1.29 is 0 Å². The second-order valence-electron chi connectivity index (χ2n) is 4.75. The highest BCUT2D eigenvalue weighted by Gasteiger charge is 2.02. The first kappa shape index (κ1) is 11.4.